The standard InChI is InChI=1S/C8H9NO2/c1-11-9-8(10)7-5-3-2-4-6-7/h2-6H,1H3,(H,9,10)/i2D,3D,4D,5D,6D. The van der Waals surface area contributed by atoms with Gasteiger partial charge in [-0.05, 0) is 12.1 Å². The topological polar surface area (TPSA) is 38.3 Å². The minimum Gasteiger partial charge on any atom is -0.277 e. The van der Waals surface area contributed by atoms with E-state index in [4.69, 9.17) is 6.85 Å². The number of hydrogen-bond donors (Lipinski definition) is 1. The summed E-state index contributed by atoms with van der Waals surface area (Å²) in [6.07, 6.45) is 0. The van der Waals surface area contributed by atoms with Crippen molar-refractivity contribution in [3.05, 3.63) is 35.8 Å². The van der Waals surface area contributed by atoms with E-state index < -0.39 is 41.7 Å². The monoisotopic (exact) mass is 156 g/mol. The maximum atomic E-state index is 11.4. The second-order valence-corrected chi connectivity index (χ2v) is 1.64. The van der Waals surface area contributed by atoms with Gasteiger partial charge < -0.3 is 0 Å². The molecular formula is C8H9NO2. The van der Waals surface area contributed by atoms with Gasteiger partial charge in [0.1, 0.15) is 0 Å². The largest absolute Gasteiger partial charge is 0.277 e. The van der Waals surface area contributed by atoms with Crippen LogP contribution in [-0.4, -0.2) is 13.0 Å². The number of carbonyl (C=O) groups is 1. The molecule has 0 unspecified atom stereocenters. The molecule has 0 aromatic heterocycles. The number of carbonyl (C=O) groups excluding carboxylic acids is 1. The summed E-state index contributed by atoms with van der Waals surface area (Å²) in [5, 5.41) is 0. The lowest BCUT2D eigenvalue weighted by molar-refractivity contribution is 0.0537. The molecule has 0 fully saturated rings. The third-order valence-corrected chi connectivity index (χ3v) is 0.922. The molecule has 11 heavy (non-hydrogen) atoms. The van der Waals surface area contributed by atoms with E-state index in [2.05, 4.69) is 4.84 Å². The van der Waals surface area contributed by atoms with E-state index in [1.807, 2.05) is 5.48 Å². The molecule has 0 spiro atoms. The quantitative estimate of drug-likeness (QED) is 0.648. The highest BCUT2D eigenvalue weighted by Gasteiger charge is 2.00. The Morgan fingerprint density at radius 1 is 1.55 bits per heavy atom. The predicted molar refractivity (Wildman–Crippen MR) is 40.9 cm³/mol. The first-order valence-corrected chi connectivity index (χ1v) is 2.82. The van der Waals surface area contributed by atoms with Crippen LogP contribution in [0.1, 0.15) is 17.2 Å². The first-order chi connectivity index (χ1) is 7.41. The number of amides is 1. The molecule has 0 saturated heterocycles. The average Bonchev–Trinajstić information content (AvgIpc) is 2.24. The van der Waals surface area contributed by atoms with Crippen molar-refractivity contribution in [2.75, 3.05) is 7.11 Å². The van der Waals surface area contributed by atoms with Crippen molar-refractivity contribution in [1.29, 1.82) is 0 Å². The van der Waals surface area contributed by atoms with Crippen LogP contribution >= 0.6 is 0 Å². The summed E-state index contributed by atoms with van der Waals surface area (Å²) in [4.78, 5) is 15.7. The molecule has 1 aromatic carbocycles. The lowest BCUT2D eigenvalue weighted by atomic mass is 10.2. The Hall–Kier alpha value is -1.35. The first-order valence-electron chi connectivity index (χ1n) is 5.32. The summed E-state index contributed by atoms with van der Waals surface area (Å²) in [7, 11) is 1.19. The molecular weight excluding hydrogens is 142 g/mol. The van der Waals surface area contributed by atoms with Gasteiger partial charge in [0.05, 0.1) is 14.0 Å². The van der Waals surface area contributed by atoms with Gasteiger partial charge in [0.2, 0.25) is 0 Å². The van der Waals surface area contributed by atoms with E-state index >= 15 is 0 Å². The molecule has 3 heteroatoms. The van der Waals surface area contributed by atoms with Crippen LogP contribution in [0.3, 0.4) is 0 Å². The van der Waals surface area contributed by atoms with Gasteiger partial charge in [0, 0.05) is 5.56 Å². The molecule has 3 nitrogen and oxygen atoms in total. The molecule has 58 valence electrons. The number of benzene rings is 1. The molecule has 1 amide bonds. The van der Waals surface area contributed by atoms with Gasteiger partial charge in [-0.15, -0.1) is 0 Å². The van der Waals surface area contributed by atoms with Crippen LogP contribution in [-0.2, 0) is 4.84 Å². The molecule has 1 aromatic rings. The van der Waals surface area contributed by atoms with Crippen molar-refractivity contribution in [2.24, 2.45) is 0 Å². The minimum atomic E-state index is -0.875. The van der Waals surface area contributed by atoms with E-state index in [9.17, 15) is 4.79 Å². The van der Waals surface area contributed by atoms with E-state index in [0.29, 0.717) is 0 Å². The molecule has 1 N–H and O–H groups in total. The van der Waals surface area contributed by atoms with E-state index in [1.165, 1.54) is 7.11 Å². The second-order valence-electron chi connectivity index (χ2n) is 1.64. The molecule has 0 aliphatic heterocycles. The van der Waals surface area contributed by atoms with Gasteiger partial charge in [-0.2, -0.15) is 0 Å². The van der Waals surface area contributed by atoms with Crippen LogP contribution < -0.4 is 5.48 Å². The molecule has 0 radical (unpaired) electrons. The zero-order chi connectivity index (χ0) is 12.5. The zero-order valence-electron chi connectivity index (χ0n) is 10.8. The fourth-order valence-corrected chi connectivity index (χ4v) is 0.507. The smallest absolute Gasteiger partial charge is 0.274 e. The van der Waals surface area contributed by atoms with Crippen molar-refractivity contribution >= 4 is 5.91 Å². The summed E-state index contributed by atoms with van der Waals surface area (Å²) in [5.74, 6) is -0.875. The fraction of sp³-hybridized carbons (Fsp3) is 0.125. The molecule has 0 aliphatic rings. The fourth-order valence-electron chi connectivity index (χ4n) is 0.507. The summed E-state index contributed by atoms with van der Waals surface area (Å²) >= 11 is 0. The van der Waals surface area contributed by atoms with Crippen molar-refractivity contribution in [2.45, 2.75) is 0 Å². The van der Waals surface area contributed by atoms with Crippen molar-refractivity contribution < 1.29 is 16.5 Å². The van der Waals surface area contributed by atoms with Gasteiger partial charge in [-0.1, -0.05) is 18.1 Å². The summed E-state index contributed by atoms with van der Waals surface area (Å²) in [6.45, 7) is 0. The minimum absolute atomic E-state index is 0.437. The summed E-state index contributed by atoms with van der Waals surface area (Å²) in [6, 6.07) is -2.76. The van der Waals surface area contributed by atoms with Crippen LogP contribution in [0.4, 0.5) is 0 Å². The molecule has 0 atom stereocenters. The molecule has 0 aliphatic carbocycles. The van der Waals surface area contributed by atoms with E-state index in [-0.39, 0.29) is 0 Å². The predicted octanol–water partition coefficient (Wildman–Crippen LogP) is 0.978. The van der Waals surface area contributed by atoms with Crippen molar-refractivity contribution in [3.8, 4) is 0 Å². The van der Waals surface area contributed by atoms with E-state index in [0.717, 1.165) is 0 Å². The molecule has 1 rings (SSSR count). The van der Waals surface area contributed by atoms with Crippen LogP contribution in [0.2, 0.25) is 0 Å². The van der Waals surface area contributed by atoms with Crippen LogP contribution in [0.15, 0.2) is 30.2 Å². The summed E-state index contributed by atoms with van der Waals surface area (Å²) < 4.78 is 36.9. The third-order valence-electron chi connectivity index (χ3n) is 0.922. The highest BCUT2D eigenvalue weighted by atomic mass is 16.6. The Morgan fingerprint density at radius 2 is 2.18 bits per heavy atom. The molecule has 0 bridgehead atoms. The van der Waals surface area contributed by atoms with Crippen LogP contribution in [0, 0.1) is 0 Å². The molecule has 0 saturated carbocycles. The maximum Gasteiger partial charge on any atom is 0.274 e. The van der Waals surface area contributed by atoms with Gasteiger partial charge in [0.15, 0.2) is 0 Å². The van der Waals surface area contributed by atoms with Gasteiger partial charge in [-0.3, -0.25) is 9.63 Å². The third kappa shape index (κ3) is 2.05. The number of hydroxylamine groups is 1. The zero-order valence-corrected chi connectivity index (χ0v) is 5.82. The SMILES string of the molecule is [2H]c1c([2H])c([2H])c(C(=O)NOC)c([2H])c1[2H]. The highest BCUT2D eigenvalue weighted by molar-refractivity contribution is 5.93. The van der Waals surface area contributed by atoms with Crippen LogP contribution in [0.5, 0.6) is 0 Å². The number of nitrogens with one attached hydrogen (secondary N) is 1. The Labute approximate surface area is 72.0 Å². The van der Waals surface area contributed by atoms with Gasteiger partial charge in [-0.25, -0.2) is 5.48 Å². The normalized spacial score (nSPS) is 15.5. The Bertz CT molecular complexity index is 420. The number of rotatable bonds is 2. The average molecular weight is 156 g/mol. The first kappa shape index (κ1) is 3.36. The second kappa shape index (κ2) is 3.73. The lowest BCUT2D eigenvalue weighted by Crippen LogP contribution is -2.21. The van der Waals surface area contributed by atoms with Crippen molar-refractivity contribution in [3.63, 3.8) is 0 Å². The highest BCUT2D eigenvalue weighted by Crippen LogP contribution is 1.96. The van der Waals surface area contributed by atoms with E-state index in [1.54, 1.807) is 0 Å². The maximum absolute atomic E-state index is 11.4. The van der Waals surface area contributed by atoms with Crippen LogP contribution in [0.25, 0.3) is 0 Å². The lowest BCUT2D eigenvalue weighted by Gasteiger charge is -1.99. The Balaban J connectivity index is 3.45. The number of hydrogen-bond acceptors (Lipinski definition) is 2. The Morgan fingerprint density at radius 3 is 2.73 bits per heavy atom. The molecule has 0 heterocycles. The Kier molecular flexibility index (Phi) is 1.14. The van der Waals surface area contributed by atoms with Crippen molar-refractivity contribution in [1.82, 2.24) is 5.48 Å². The van der Waals surface area contributed by atoms with Gasteiger partial charge >= 0.3 is 0 Å². The van der Waals surface area contributed by atoms with Gasteiger partial charge in [0.25, 0.3) is 5.91 Å². The summed E-state index contributed by atoms with van der Waals surface area (Å²) in [5.41, 5.74) is 1.47.